The third kappa shape index (κ3) is 4.73. The molecule has 0 saturated heterocycles. The van der Waals surface area contributed by atoms with Gasteiger partial charge in [0.2, 0.25) is 0 Å². The number of aliphatic hydroxyl groups is 1. The zero-order chi connectivity index (χ0) is 27.1. The van der Waals surface area contributed by atoms with Gasteiger partial charge < -0.3 is 14.9 Å². The number of aliphatic hydroxyl groups excluding tert-OH is 1. The SMILES string of the molecule is C=C(C)[C@@H]1[C@H](O)C[C@@H]2C(=CC[C@]3(C)[C@@H]([C@H](C)CC/C=C(\C)C(=O)OC)CC[C@@]23C)[C@@]1(C)CCC(=O)O. The Kier molecular flexibility index (Phi) is 8.35. The summed E-state index contributed by atoms with van der Waals surface area (Å²) in [5.41, 5.74) is 2.76. The van der Waals surface area contributed by atoms with E-state index in [2.05, 4.69) is 40.3 Å². The topological polar surface area (TPSA) is 83.8 Å². The zero-order valence-corrected chi connectivity index (χ0v) is 23.5. The summed E-state index contributed by atoms with van der Waals surface area (Å²) in [6.45, 7) is 17.4. The number of hydrogen-bond acceptors (Lipinski definition) is 4. The summed E-state index contributed by atoms with van der Waals surface area (Å²) in [7, 11) is 1.42. The fourth-order valence-corrected chi connectivity index (χ4v) is 8.71. The summed E-state index contributed by atoms with van der Waals surface area (Å²) in [4.78, 5) is 23.3. The van der Waals surface area contributed by atoms with E-state index >= 15 is 0 Å². The van der Waals surface area contributed by atoms with E-state index in [0.29, 0.717) is 23.8 Å². The summed E-state index contributed by atoms with van der Waals surface area (Å²) in [6, 6.07) is 0. The highest BCUT2D eigenvalue weighted by Gasteiger charge is 2.64. The third-order valence-corrected chi connectivity index (χ3v) is 10.9. The molecule has 3 rings (SSSR count). The molecule has 0 radical (unpaired) electrons. The quantitative estimate of drug-likeness (QED) is 0.209. The van der Waals surface area contributed by atoms with Gasteiger partial charge in [-0.25, -0.2) is 4.79 Å². The number of aliphatic carboxylic acids is 1. The van der Waals surface area contributed by atoms with Crippen LogP contribution in [0.5, 0.6) is 0 Å². The van der Waals surface area contributed by atoms with Gasteiger partial charge in [0.15, 0.2) is 0 Å². The van der Waals surface area contributed by atoms with E-state index < -0.39 is 17.5 Å². The number of carbonyl (C=O) groups excluding carboxylic acids is 1. The molecular weight excluding hydrogens is 452 g/mol. The molecule has 0 bridgehead atoms. The van der Waals surface area contributed by atoms with Crippen molar-refractivity contribution in [3.05, 3.63) is 35.5 Å². The van der Waals surface area contributed by atoms with Gasteiger partial charge in [0, 0.05) is 17.9 Å². The number of ether oxygens (including phenoxy) is 1. The first-order valence-corrected chi connectivity index (χ1v) is 13.7. The van der Waals surface area contributed by atoms with Gasteiger partial charge in [-0.2, -0.15) is 0 Å². The second-order valence-corrected chi connectivity index (χ2v) is 12.8. The monoisotopic (exact) mass is 500 g/mol. The predicted molar refractivity (Wildman–Crippen MR) is 143 cm³/mol. The number of carboxylic acid groups (broad SMARTS) is 1. The minimum atomic E-state index is -0.785. The fraction of sp³-hybridized carbons (Fsp3) is 0.742. The number of fused-ring (bicyclic) bond motifs is 3. The van der Waals surface area contributed by atoms with E-state index in [4.69, 9.17) is 4.74 Å². The Bertz CT molecular complexity index is 947. The molecule has 8 atom stereocenters. The number of carboxylic acids is 1. The first-order valence-electron chi connectivity index (χ1n) is 13.7. The molecule has 2 N–H and O–H groups in total. The van der Waals surface area contributed by atoms with Crippen molar-refractivity contribution in [3.8, 4) is 0 Å². The van der Waals surface area contributed by atoms with Crippen molar-refractivity contribution < 1.29 is 24.5 Å². The maximum atomic E-state index is 11.7. The average molecular weight is 501 g/mol. The third-order valence-electron chi connectivity index (χ3n) is 10.9. The summed E-state index contributed by atoms with van der Waals surface area (Å²) in [5, 5.41) is 20.9. The van der Waals surface area contributed by atoms with Gasteiger partial charge in [0.25, 0.3) is 0 Å². The molecular formula is C31H48O5. The van der Waals surface area contributed by atoms with E-state index in [1.54, 1.807) is 0 Å². The van der Waals surface area contributed by atoms with Crippen LogP contribution in [0.15, 0.2) is 35.5 Å². The molecule has 5 nitrogen and oxygen atoms in total. The number of rotatable bonds is 9. The van der Waals surface area contributed by atoms with Gasteiger partial charge >= 0.3 is 11.9 Å². The summed E-state index contributed by atoms with van der Waals surface area (Å²) in [6.07, 6.45) is 10.4. The lowest BCUT2D eigenvalue weighted by Crippen LogP contribution is -2.55. The first kappa shape index (κ1) is 28.7. The number of carbonyl (C=O) groups is 2. The zero-order valence-electron chi connectivity index (χ0n) is 23.5. The minimum absolute atomic E-state index is 0.0549. The van der Waals surface area contributed by atoms with Gasteiger partial charge in [-0.1, -0.05) is 57.6 Å². The van der Waals surface area contributed by atoms with Gasteiger partial charge in [0.1, 0.15) is 0 Å². The summed E-state index contributed by atoms with van der Waals surface area (Å²) >= 11 is 0. The van der Waals surface area contributed by atoms with Gasteiger partial charge in [-0.15, -0.1) is 0 Å². The molecule has 202 valence electrons. The molecule has 0 unspecified atom stereocenters. The molecule has 5 heteroatoms. The van der Waals surface area contributed by atoms with E-state index in [0.717, 1.165) is 44.1 Å². The van der Waals surface area contributed by atoms with E-state index in [1.165, 1.54) is 12.7 Å². The van der Waals surface area contributed by atoms with Crippen LogP contribution in [-0.2, 0) is 14.3 Å². The second-order valence-electron chi connectivity index (χ2n) is 12.8. The molecule has 2 saturated carbocycles. The molecule has 3 aliphatic rings. The summed E-state index contributed by atoms with van der Waals surface area (Å²) < 4.78 is 4.83. The van der Waals surface area contributed by atoms with Crippen LogP contribution in [0.2, 0.25) is 0 Å². The summed E-state index contributed by atoms with van der Waals surface area (Å²) in [5.74, 6) is 0.166. The van der Waals surface area contributed by atoms with Crippen molar-refractivity contribution in [2.45, 2.75) is 99.0 Å². The Labute approximate surface area is 218 Å². The molecule has 0 aromatic heterocycles. The Morgan fingerprint density at radius 3 is 2.50 bits per heavy atom. The van der Waals surface area contributed by atoms with Crippen LogP contribution in [-0.4, -0.2) is 35.4 Å². The van der Waals surface area contributed by atoms with Crippen LogP contribution in [0, 0.1) is 39.9 Å². The lowest BCUT2D eigenvalue weighted by Gasteiger charge is -2.61. The maximum Gasteiger partial charge on any atom is 0.333 e. The van der Waals surface area contributed by atoms with Crippen LogP contribution in [0.1, 0.15) is 92.9 Å². The highest BCUT2D eigenvalue weighted by molar-refractivity contribution is 5.87. The number of methoxy groups -OCH3 is 1. The van der Waals surface area contributed by atoms with E-state index in [-0.39, 0.29) is 35.1 Å². The molecule has 0 spiro atoms. The Balaban J connectivity index is 1.91. The predicted octanol–water partition coefficient (Wildman–Crippen LogP) is 6.72. The molecule has 3 aliphatic carbocycles. The minimum Gasteiger partial charge on any atom is -0.481 e. The second kappa shape index (κ2) is 10.5. The van der Waals surface area contributed by atoms with Crippen LogP contribution in [0.3, 0.4) is 0 Å². The van der Waals surface area contributed by atoms with Crippen LogP contribution < -0.4 is 0 Å². The number of hydrogen-bond donors (Lipinski definition) is 2. The lowest BCUT2D eigenvalue weighted by atomic mass is 9.44. The Morgan fingerprint density at radius 2 is 1.92 bits per heavy atom. The molecule has 2 fully saturated rings. The molecule has 0 aromatic rings. The largest absolute Gasteiger partial charge is 0.481 e. The van der Waals surface area contributed by atoms with Crippen molar-refractivity contribution in [1.29, 1.82) is 0 Å². The van der Waals surface area contributed by atoms with Gasteiger partial charge in [-0.05, 0) is 92.8 Å². The van der Waals surface area contributed by atoms with Gasteiger partial charge in [0.05, 0.1) is 13.2 Å². The average Bonchev–Trinajstić information content (AvgIpc) is 3.08. The number of esters is 1. The highest BCUT2D eigenvalue weighted by atomic mass is 16.5. The van der Waals surface area contributed by atoms with Crippen molar-refractivity contribution in [2.24, 2.45) is 39.9 Å². The lowest BCUT2D eigenvalue weighted by molar-refractivity contribution is -0.138. The van der Waals surface area contributed by atoms with Crippen LogP contribution in [0.4, 0.5) is 0 Å². The highest BCUT2D eigenvalue weighted by Crippen LogP contribution is 2.71. The smallest absolute Gasteiger partial charge is 0.333 e. The van der Waals surface area contributed by atoms with Crippen molar-refractivity contribution in [2.75, 3.05) is 7.11 Å². The van der Waals surface area contributed by atoms with Crippen molar-refractivity contribution >= 4 is 11.9 Å². The first-order chi connectivity index (χ1) is 16.7. The molecule has 0 heterocycles. The Morgan fingerprint density at radius 1 is 1.25 bits per heavy atom. The van der Waals surface area contributed by atoms with Crippen LogP contribution in [0.25, 0.3) is 0 Å². The molecule has 0 aromatic carbocycles. The molecule has 36 heavy (non-hydrogen) atoms. The maximum absolute atomic E-state index is 11.7. The Hall–Kier alpha value is -1.88. The normalized spacial score (nSPS) is 39.0. The van der Waals surface area contributed by atoms with Gasteiger partial charge in [-0.3, -0.25) is 4.79 Å². The molecule has 0 aliphatic heterocycles. The standard InChI is InChI=1S/C31H48O5/c1-19(2)27-25(32)18-24-23(29(27,5)15-14-26(33)34)13-17-30(6)22(12-16-31(24,30)7)20(3)10-9-11-21(4)28(35)36-8/h11,13,20,22,24-25,27,32H,1,9-10,12,14-18H2,2-8H3,(H,33,34)/b21-11+/t20-,22-,24-,25-,27-,29-,30-,31+/m1/s1. The van der Waals surface area contributed by atoms with E-state index in [9.17, 15) is 19.8 Å². The fourth-order valence-electron chi connectivity index (χ4n) is 8.71. The van der Waals surface area contributed by atoms with E-state index in [1.807, 2.05) is 19.9 Å². The van der Waals surface area contributed by atoms with Crippen LogP contribution >= 0.6 is 0 Å². The number of allylic oxidation sites excluding steroid dienone is 3. The van der Waals surface area contributed by atoms with Crippen molar-refractivity contribution in [3.63, 3.8) is 0 Å². The van der Waals surface area contributed by atoms with Crippen molar-refractivity contribution in [1.82, 2.24) is 0 Å². The molecule has 0 amide bonds.